The van der Waals surface area contributed by atoms with E-state index in [1.165, 1.54) is 16.4 Å². The summed E-state index contributed by atoms with van der Waals surface area (Å²) in [7, 11) is -3.50. The molecule has 1 aromatic rings. The predicted octanol–water partition coefficient (Wildman–Crippen LogP) is 3.14. The summed E-state index contributed by atoms with van der Waals surface area (Å²) in [5.74, 6) is 0. The molecule has 7 heteroatoms. The summed E-state index contributed by atoms with van der Waals surface area (Å²) in [6.07, 6.45) is 2.88. The van der Waals surface area contributed by atoms with E-state index in [-0.39, 0.29) is 0 Å². The van der Waals surface area contributed by atoms with Gasteiger partial charge >= 0.3 is 10.2 Å². The summed E-state index contributed by atoms with van der Waals surface area (Å²) >= 11 is 11.7. The lowest BCUT2D eigenvalue weighted by Gasteiger charge is -2.26. The van der Waals surface area contributed by atoms with Gasteiger partial charge in [-0.15, -0.1) is 0 Å². The highest BCUT2D eigenvalue weighted by molar-refractivity contribution is 7.90. The van der Waals surface area contributed by atoms with Crippen molar-refractivity contribution in [2.75, 3.05) is 17.8 Å². The van der Waals surface area contributed by atoms with Crippen molar-refractivity contribution in [1.82, 2.24) is 4.31 Å². The largest absolute Gasteiger partial charge is 0.301 e. The zero-order chi connectivity index (χ0) is 13.2. The molecule has 1 heterocycles. The maximum absolute atomic E-state index is 12.1. The van der Waals surface area contributed by atoms with E-state index in [1.807, 2.05) is 0 Å². The summed E-state index contributed by atoms with van der Waals surface area (Å²) in [5.41, 5.74) is 0.387. The number of halogens is 2. The number of nitrogens with one attached hydrogen (secondary N) is 1. The van der Waals surface area contributed by atoms with Crippen molar-refractivity contribution >= 4 is 39.1 Å². The molecule has 18 heavy (non-hydrogen) atoms. The van der Waals surface area contributed by atoms with Crippen molar-refractivity contribution in [3.8, 4) is 0 Å². The number of hydrogen-bond donors (Lipinski definition) is 1. The van der Waals surface area contributed by atoms with Crippen LogP contribution in [-0.2, 0) is 10.2 Å². The van der Waals surface area contributed by atoms with Gasteiger partial charge in [-0.3, -0.25) is 4.72 Å². The standard InChI is InChI=1S/C11H14Cl2N2O2S/c12-9-6-10(13)8-11(7-9)14-18(16,17)15-4-2-1-3-5-15/h6-8,14H,1-5H2. The number of piperidine rings is 1. The summed E-state index contributed by atoms with van der Waals surface area (Å²) in [4.78, 5) is 0. The molecule has 0 bridgehead atoms. The lowest BCUT2D eigenvalue weighted by atomic mass is 10.2. The quantitative estimate of drug-likeness (QED) is 0.932. The van der Waals surface area contributed by atoms with Crippen LogP contribution in [0.2, 0.25) is 10.0 Å². The lowest BCUT2D eigenvalue weighted by Crippen LogP contribution is -2.39. The van der Waals surface area contributed by atoms with Crippen LogP contribution >= 0.6 is 23.2 Å². The molecule has 1 aliphatic rings. The molecule has 0 aromatic heterocycles. The van der Waals surface area contributed by atoms with Gasteiger partial charge in [0, 0.05) is 23.1 Å². The van der Waals surface area contributed by atoms with Crippen molar-refractivity contribution < 1.29 is 8.42 Å². The third-order valence-corrected chi connectivity index (χ3v) is 4.74. The second kappa shape index (κ2) is 5.65. The highest BCUT2D eigenvalue weighted by atomic mass is 35.5. The van der Waals surface area contributed by atoms with E-state index in [1.54, 1.807) is 6.07 Å². The second-order valence-corrected chi connectivity index (χ2v) is 6.77. The molecule has 0 amide bonds. The molecular weight excluding hydrogens is 295 g/mol. The third kappa shape index (κ3) is 3.51. The van der Waals surface area contributed by atoms with Crippen LogP contribution in [0.3, 0.4) is 0 Å². The Morgan fingerprint density at radius 3 is 2.11 bits per heavy atom. The van der Waals surface area contributed by atoms with Gasteiger partial charge in [-0.2, -0.15) is 12.7 Å². The second-order valence-electron chi connectivity index (χ2n) is 4.22. The fourth-order valence-electron chi connectivity index (χ4n) is 1.93. The maximum atomic E-state index is 12.1. The third-order valence-electron chi connectivity index (χ3n) is 2.76. The smallest absolute Gasteiger partial charge is 0.271 e. The van der Waals surface area contributed by atoms with E-state index >= 15 is 0 Å². The fourth-order valence-corrected chi connectivity index (χ4v) is 3.74. The van der Waals surface area contributed by atoms with Crippen LogP contribution in [0.1, 0.15) is 19.3 Å². The summed E-state index contributed by atoms with van der Waals surface area (Å²) < 4.78 is 28.2. The highest BCUT2D eigenvalue weighted by Crippen LogP contribution is 2.24. The zero-order valence-electron chi connectivity index (χ0n) is 9.70. The van der Waals surface area contributed by atoms with Crippen LogP contribution < -0.4 is 4.72 Å². The van der Waals surface area contributed by atoms with Crippen LogP contribution in [0.4, 0.5) is 5.69 Å². The van der Waals surface area contributed by atoms with Gasteiger partial charge in [-0.05, 0) is 31.0 Å². The average Bonchev–Trinajstić information content (AvgIpc) is 2.28. The average molecular weight is 309 g/mol. The Hall–Kier alpha value is -0.490. The van der Waals surface area contributed by atoms with Gasteiger partial charge in [0.1, 0.15) is 0 Å². The Labute approximate surface area is 117 Å². The van der Waals surface area contributed by atoms with Crippen molar-refractivity contribution in [2.24, 2.45) is 0 Å². The topological polar surface area (TPSA) is 49.4 Å². The number of rotatable bonds is 3. The van der Waals surface area contributed by atoms with Gasteiger partial charge in [0.05, 0.1) is 5.69 Å². The predicted molar refractivity (Wildman–Crippen MR) is 74.4 cm³/mol. The van der Waals surface area contributed by atoms with Gasteiger partial charge in [0.2, 0.25) is 0 Å². The van der Waals surface area contributed by atoms with Gasteiger partial charge < -0.3 is 0 Å². The first-order valence-corrected chi connectivity index (χ1v) is 7.91. The molecular formula is C11H14Cl2N2O2S. The molecule has 0 radical (unpaired) electrons. The van der Waals surface area contributed by atoms with Gasteiger partial charge in [0.25, 0.3) is 0 Å². The van der Waals surface area contributed by atoms with Gasteiger partial charge in [-0.1, -0.05) is 29.6 Å². The minimum absolute atomic E-state index is 0.387. The summed E-state index contributed by atoms with van der Waals surface area (Å²) in [5, 5.41) is 0.803. The van der Waals surface area contributed by atoms with E-state index in [4.69, 9.17) is 23.2 Å². The van der Waals surface area contributed by atoms with E-state index in [0.717, 1.165) is 19.3 Å². The number of anilines is 1. The normalized spacial score (nSPS) is 17.7. The Morgan fingerprint density at radius 1 is 1.00 bits per heavy atom. The molecule has 0 atom stereocenters. The molecule has 0 aliphatic carbocycles. The molecule has 1 aliphatic heterocycles. The van der Waals surface area contributed by atoms with E-state index < -0.39 is 10.2 Å². The van der Waals surface area contributed by atoms with Gasteiger partial charge in [0.15, 0.2) is 0 Å². The molecule has 0 unspecified atom stereocenters. The molecule has 2 rings (SSSR count). The van der Waals surface area contributed by atoms with Crippen LogP contribution in [0.5, 0.6) is 0 Å². The zero-order valence-corrected chi connectivity index (χ0v) is 12.0. The highest BCUT2D eigenvalue weighted by Gasteiger charge is 2.23. The Kier molecular flexibility index (Phi) is 4.37. The number of benzene rings is 1. The molecule has 4 nitrogen and oxygen atoms in total. The van der Waals surface area contributed by atoms with Crippen molar-refractivity contribution in [3.05, 3.63) is 28.2 Å². The first-order valence-electron chi connectivity index (χ1n) is 5.71. The van der Waals surface area contributed by atoms with Crippen LogP contribution in [0.15, 0.2) is 18.2 Å². The Bertz CT molecular complexity index is 508. The Morgan fingerprint density at radius 2 is 1.56 bits per heavy atom. The molecule has 1 fully saturated rings. The minimum Gasteiger partial charge on any atom is -0.271 e. The van der Waals surface area contributed by atoms with Crippen molar-refractivity contribution in [2.45, 2.75) is 19.3 Å². The van der Waals surface area contributed by atoms with E-state index in [2.05, 4.69) is 4.72 Å². The van der Waals surface area contributed by atoms with Crippen LogP contribution in [0, 0.1) is 0 Å². The van der Waals surface area contributed by atoms with Crippen LogP contribution in [-0.4, -0.2) is 25.8 Å². The molecule has 0 saturated carbocycles. The number of nitrogens with zero attached hydrogens (tertiary/aromatic N) is 1. The van der Waals surface area contributed by atoms with Crippen LogP contribution in [0.25, 0.3) is 0 Å². The fraction of sp³-hybridized carbons (Fsp3) is 0.455. The molecule has 1 saturated heterocycles. The first-order chi connectivity index (χ1) is 8.47. The van der Waals surface area contributed by atoms with E-state index in [0.29, 0.717) is 28.8 Å². The molecule has 100 valence electrons. The molecule has 1 aromatic carbocycles. The first kappa shape index (κ1) is 13.9. The number of hydrogen-bond acceptors (Lipinski definition) is 2. The lowest BCUT2D eigenvalue weighted by molar-refractivity contribution is 0.349. The Balaban J connectivity index is 2.16. The van der Waals surface area contributed by atoms with Crippen molar-refractivity contribution in [1.29, 1.82) is 0 Å². The maximum Gasteiger partial charge on any atom is 0.301 e. The van der Waals surface area contributed by atoms with Crippen molar-refractivity contribution in [3.63, 3.8) is 0 Å². The molecule has 0 spiro atoms. The molecule has 1 N–H and O–H groups in total. The van der Waals surface area contributed by atoms with E-state index in [9.17, 15) is 8.42 Å². The minimum atomic E-state index is -3.50. The SMILES string of the molecule is O=S(=O)(Nc1cc(Cl)cc(Cl)c1)N1CCCCC1. The summed E-state index contributed by atoms with van der Waals surface area (Å²) in [6, 6.07) is 4.63. The summed E-state index contributed by atoms with van der Waals surface area (Å²) in [6.45, 7) is 1.12. The monoisotopic (exact) mass is 308 g/mol. The van der Waals surface area contributed by atoms with Gasteiger partial charge in [-0.25, -0.2) is 0 Å².